The Morgan fingerprint density at radius 3 is 2.47 bits per heavy atom. The Morgan fingerprint density at radius 1 is 1.11 bits per heavy atom. The van der Waals surface area contributed by atoms with Gasteiger partial charge in [-0.3, -0.25) is 0 Å². The van der Waals surface area contributed by atoms with Crippen molar-refractivity contribution in [1.29, 1.82) is 0 Å². The molecule has 3 heteroatoms. The molecule has 0 aliphatic carbocycles. The van der Waals surface area contributed by atoms with Gasteiger partial charge in [-0.1, -0.05) is 18.2 Å². The topological polar surface area (TPSA) is 21.3 Å². The molecule has 0 unspecified atom stereocenters. The van der Waals surface area contributed by atoms with E-state index in [-0.39, 0.29) is 11.9 Å². The van der Waals surface area contributed by atoms with Crippen LogP contribution < -0.4 is 10.1 Å². The Hall–Kier alpha value is -2.03. The lowest BCUT2D eigenvalue weighted by Crippen LogP contribution is -2.05. The molecule has 0 heterocycles. The molecule has 0 spiro atoms. The highest BCUT2D eigenvalue weighted by Crippen LogP contribution is 2.15. The molecule has 0 bridgehead atoms. The van der Waals surface area contributed by atoms with E-state index in [0.29, 0.717) is 6.54 Å². The van der Waals surface area contributed by atoms with Crippen LogP contribution in [0.3, 0.4) is 0 Å². The van der Waals surface area contributed by atoms with E-state index in [1.807, 2.05) is 44.2 Å². The first kappa shape index (κ1) is 13.4. The number of halogens is 1. The summed E-state index contributed by atoms with van der Waals surface area (Å²) in [7, 11) is 0. The minimum atomic E-state index is -0.231. The smallest absolute Gasteiger partial charge is 0.125 e. The van der Waals surface area contributed by atoms with Crippen LogP contribution in [-0.2, 0) is 6.54 Å². The highest BCUT2D eigenvalue weighted by atomic mass is 19.1. The first-order chi connectivity index (χ1) is 9.13. The van der Waals surface area contributed by atoms with E-state index in [1.165, 1.54) is 12.1 Å². The Balaban J connectivity index is 1.93. The Bertz CT molecular complexity index is 523. The van der Waals surface area contributed by atoms with Gasteiger partial charge in [-0.25, -0.2) is 4.39 Å². The maximum Gasteiger partial charge on any atom is 0.125 e. The van der Waals surface area contributed by atoms with E-state index in [9.17, 15) is 4.39 Å². The number of ether oxygens (including phenoxy) is 1. The minimum Gasteiger partial charge on any atom is -0.491 e. The van der Waals surface area contributed by atoms with Crippen LogP contribution in [0, 0.1) is 5.82 Å². The average Bonchev–Trinajstić information content (AvgIpc) is 2.37. The second kappa shape index (κ2) is 6.23. The van der Waals surface area contributed by atoms with Crippen molar-refractivity contribution in [1.82, 2.24) is 0 Å². The third-order valence-electron chi connectivity index (χ3n) is 2.62. The maximum absolute atomic E-state index is 13.0. The van der Waals surface area contributed by atoms with Crippen molar-refractivity contribution < 1.29 is 9.13 Å². The maximum atomic E-state index is 13.0. The first-order valence-electron chi connectivity index (χ1n) is 6.38. The lowest BCUT2D eigenvalue weighted by Gasteiger charge is -2.11. The fraction of sp³-hybridized carbons (Fsp3) is 0.250. The molecule has 2 nitrogen and oxygen atoms in total. The second-order valence-electron chi connectivity index (χ2n) is 4.67. The van der Waals surface area contributed by atoms with Crippen LogP contribution in [0.15, 0.2) is 48.5 Å². The van der Waals surface area contributed by atoms with Crippen molar-refractivity contribution in [3.05, 3.63) is 59.9 Å². The van der Waals surface area contributed by atoms with E-state index in [1.54, 1.807) is 6.07 Å². The molecule has 19 heavy (non-hydrogen) atoms. The summed E-state index contributed by atoms with van der Waals surface area (Å²) in [5.41, 5.74) is 1.91. The van der Waals surface area contributed by atoms with Crippen LogP contribution in [-0.4, -0.2) is 6.10 Å². The summed E-state index contributed by atoms with van der Waals surface area (Å²) in [5.74, 6) is 0.634. The lowest BCUT2D eigenvalue weighted by molar-refractivity contribution is 0.242. The molecule has 0 atom stereocenters. The molecule has 0 aromatic heterocycles. The van der Waals surface area contributed by atoms with Crippen LogP contribution in [0.4, 0.5) is 10.1 Å². The summed E-state index contributed by atoms with van der Waals surface area (Å²) in [6.07, 6.45) is 0.177. The fourth-order valence-electron chi connectivity index (χ4n) is 1.76. The predicted octanol–water partition coefficient (Wildman–Crippen LogP) is 4.23. The van der Waals surface area contributed by atoms with Crippen LogP contribution in [0.2, 0.25) is 0 Å². The summed E-state index contributed by atoms with van der Waals surface area (Å²) in [6.45, 7) is 4.66. The number of hydrogen-bond donors (Lipinski definition) is 1. The summed E-state index contributed by atoms with van der Waals surface area (Å²) in [4.78, 5) is 0. The average molecular weight is 259 g/mol. The third kappa shape index (κ3) is 4.28. The zero-order valence-electron chi connectivity index (χ0n) is 11.2. The molecule has 1 N–H and O–H groups in total. The monoisotopic (exact) mass is 259 g/mol. The van der Waals surface area contributed by atoms with Gasteiger partial charge in [0.25, 0.3) is 0 Å². The molecule has 2 aromatic rings. The highest BCUT2D eigenvalue weighted by molar-refractivity contribution is 5.44. The van der Waals surface area contributed by atoms with Gasteiger partial charge in [0.05, 0.1) is 6.10 Å². The molecule has 100 valence electrons. The third-order valence-corrected chi connectivity index (χ3v) is 2.62. The van der Waals surface area contributed by atoms with Gasteiger partial charge in [-0.05, 0) is 49.7 Å². The van der Waals surface area contributed by atoms with Gasteiger partial charge >= 0.3 is 0 Å². The zero-order valence-corrected chi connectivity index (χ0v) is 11.2. The van der Waals surface area contributed by atoms with Gasteiger partial charge in [0.2, 0.25) is 0 Å². The highest BCUT2D eigenvalue weighted by Gasteiger charge is 1.99. The number of rotatable bonds is 5. The van der Waals surface area contributed by atoms with Crippen molar-refractivity contribution in [2.24, 2.45) is 0 Å². The Morgan fingerprint density at radius 2 is 1.84 bits per heavy atom. The molecule has 2 aromatic carbocycles. The van der Waals surface area contributed by atoms with E-state index in [2.05, 4.69) is 5.32 Å². The molecule has 2 rings (SSSR count). The summed E-state index contributed by atoms with van der Waals surface area (Å²) < 4.78 is 18.6. The van der Waals surface area contributed by atoms with Crippen molar-refractivity contribution in [2.45, 2.75) is 26.5 Å². The first-order valence-corrected chi connectivity index (χ1v) is 6.38. The molecule has 0 saturated heterocycles. The summed E-state index contributed by atoms with van der Waals surface area (Å²) >= 11 is 0. The standard InChI is InChI=1S/C16H18FNO/c1-12(2)19-16-8-6-13(7-9-16)11-18-15-5-3-4-14(17)10-15/h3-10,12,18H,11H2,1-2H3. The summed E-state index contributed by atoms with van der Waals surface area (Å²) in [6, 6.07) is 14.4. The van der Waals surface area contributed by atoms with E-state index in [4.69, 9.17) is 4.74 Å². The SMILES string of the molecule is CC(C)Oc1ccc(CNc2cccc(F)c2)cc1. The van der Waals surface area contributed by atoms with Gasteiger partial charge in [-0.2, -0.15) is 0 Å². The number of hydrogen-bond acceptors (Lipinski definition) is 2. The van der Waals surface area contributed by atoms with Crippen LogP contribution in [0.25, 0.3) is 0 Å². The van der Waals surface area contributed by atoms with Crippen molar-refractivity contribution in [2.75, 3.05) is 5.32 Å². The van der Waals surface area contributed by atoms with E-state index in [0.717, 1.165) is 17.0 Å². The fourth-order valence-corrected chi connectivity index (χ4v) is 1.76. The Labute approximate surface area is 113 Å². The van der Waals surface area contributed by atoms with Crippen molar-refractivity contribution in [3.63, 3.8) is 0 Å². The van der Waals surface area contributed by atoms with Gasteiger partial charge in [0, 0.05) is 12.2 Å². The van der Waals surface area contributed by atoms with E-state index >= 15 is 0 Å². The van der Waals surface area contributed by atoms with E-state index < -0.39 is 0 Å². The van der Waals surface area contributed by atoms with Crippen LogP contribution in [0.5, 0.6) is 5.75 Å². The van der Waals surface area contributed by atoms with Crippen LogP contribution in [0.1, 0.15) is 19.4 Å². The zero-order chi connectivity index (χ0) is 13.7. The normalized spacial score (nSPS) is 10.5. The number of nitrogens with one attached hydrogen (secondary N) is 1. The molecule has 0 aliphatic rings. The number of anilines is 1. The molecular weight excluding hydrogens is 241 g/mol. The van der Waals surface area contributed by atoms with Gasteiger partial charge in [-0.15, -0.1) is 0 Å². The predicted molar refractivity (Wildman–Crippen MR) is 75.9 cm³/mol. The van der Waals surface area contributed by atoms with Crippen molar-refractivity contribution in [3.8, 4) is 5.75 Å². The molecule has 0 aliphatic heterocycles. The molecule has 0 amide bonds. The van der Waals surface area contributed by atoms with Crippen LogP contribution >= 0.6 is 0 Å². The van der Waals surface area contributed by atoms with Gasteiger partial charge in [0.15, 0.2) is 0 Å². The minimum absolute atomic E-state index is 0.177. The Kier molecular flexibility index (Phi) is 4.39. The molecule has 0 saturated carbocycles. The molecule has 0 fully saturated rings. The summed E-state index contributed by atoms with van der Waals surface area (Å²) in [5, 5.41) is 3.18. The number of benzene rings is 2. The largest absolute Gasteiger partial charge is 0.491 e. The molecule has 0 radical (unpaired) electrons. The van der Waals surface area contributed by atoms with Gasteiger partial charge in [0.1, 0.15) is 11.6 Å². The van der Waals surface area contributed by atoms with Crippen molar-refractivity contribution >= 4 is 5.69 Å². The second-order valence-corrected chi connectivity index (χ2v) is 4.67. The molecular formula is C16H18FNO. The lowest BCUT2D eigenvalue weighted by atomic mass is 10.2. The quantitative estimate of drug-likeness (QED) is 0.867. The van der Waals surface area contributed by atoms with Gasteiger partial charge < -0.3 is 10.1 Å².